The Morgan fingerprint density at radius 2 is 1.66 bits per heavy atom. The van der Waals surface area contributed by atoms with E-state index in [0.717, 1.165) is 23.2 Å². The van der Waals surface area contributed by atoms with Crippen molar-refractivity contribution in [1.82, 2.24) is 9.55 Å². The average Bonchev–Trinajstić information content (AvgIpc) is 3.21. The molecule has 0 aliphatic heterocycles. The van der Waals surface area contributed by atoms with Crippen molar-refractivity contribution in [3.8, 4) is 27.9 Å². The summed E-state index contributed by atoms with van der Waals surface area (Å²) in [5.74, 6) is -1.38. The SMILES string of the molecule is CS(=O)(=O)Nc1ccc2ccn(-c3cc(-c4ccc(=O)[nH]c4)cc(-c4ccc(F)cc4F)c3)c2c1. The maximum absolute atomic E-state index is 14.7. The lowest BCUT2D eigenvalue weighted by molar-refractivity contribution is 0.585. The van der Waals surface area contributed by atoms with Gasteiger partial charge in [-0.25, -0.2) is 17.2 Å². The monoisotopic (exact) mass is 491 g/mol. The first-order valence-electron chi connectivity index (χ1n) is 10.6. The number of pyridine rings is 1. The molecule has 2 heterocycles. The van der Waals surface area contributed by atoms with Gasteiger partial charge in [-0.15, -0.1) is 0 Å². The van der Waals surface area contributed by atoms with Gasteiger partial charge in [0.25, 0.3) is 0 Å². The summed E-state index contributed by atoms with van der Waals surface area (Å²) in [7, 11) is -3.46. The van der Waals surface area contributed by atoms with E-state index in [1.807, 2.05) is 22.9 Å². The Morgan fingerprint density at radius 3 is 2.37 bits per heavy atom. The van der Waals surface area contributed by atoms with Crippen molar-refractivity contribution in [3.05, 3.63) is 107 Å². The smallest absolute Gasteiger partial charge is 0.247 e. The molecule has 9 heteroatoms. The van der Waals surface area contributed by atoms with Crippen molar-refractivity contribution in [2.24, 2.45) is 0 Å². The molecule has 2 aromatic heterocycles. The van der Waals surface area contributed by atoms with E-state index in [9.17, 15) is 22.0 Å². The Labute approximate surface area is 199 Å². The highest BCUT2D eigenvalue weighted by Gasteiger charge is 2.13. The number of halogens is 2. The van der Waals surface area contributed by atoms with Crippen LogP contribution in [0.4, 0.5) is 14.5 Å². The van der Waals surface area contributed by atoms with Crippen LogP contribution in [-0.4, -0.2) is 24.2 Å². The van der Waals surface area contributed by atoms with Gasteiger partial charge in [0.1, 0.15) is 11.6 Å². The van der Waals surface area contributed by atoms with Crippen molar-refractivity contribution in [3.63, 3.8) is 0 Å². The van der Waals surface area contributed by atoms with Crippen LogP contribution in [0.5, 0.6) is 0 Å². The fourth-order valence-electron chi connectivity index (χ4n) is 4.02. The van der Waals surface area contributed by atoms with Crippen molar-refractivity contribution in [2.45, 2.75) is 0 Å². The highest BCUT2D eigenvalue weighted by molar-refractivity contribution is 7.92. The standard InChI is InChI=1S/C26H19F2N3O3S/c1-35(33,34)30-21-5-2-16-8-9-31(25(16)14-21)22-11-18(17-3-7-26(32)29-15-17)10-19(12-22)23-6-4-20(27)13-24(23)28/h2-15,30H,1H3,(H,29,32). The maximum atomic E-state index is 14.7. The first-order chi connectivity index (χ1) is 16.7. The molecule has 0 saturated carbocycles. The average molecular weight is 492 g/mol. The highest BCUT2D eigenvalue weighted by atomic mass is 32.2. The van der Waals surface area contributed by atoms with Crippen LogP contribution in [0.2, 0.25) is 0 Å². The third-order valence-corrected chi connectivity index (χ3v) is 6.16. The number of aromatic nitrogens is 2. The quantitative estimate of drug-likeness (QED) is 0.350. The van der Waals surface area contributed by atoms with Crippen LogP contribution in [0.25, 0.3) is 38.8 Å². The van der Waals surface area contributed by atoms with E-state index in [1.165, 1.54) is 18.2 Å². The van der Waals surface area contributed by atoms with Gasteiger partial charge in [-0.1, -0.05) is 6.07 Å². The van der Waals surface area contributed by atoms with Crippen molar-refractivity contribution in [2.75, 3.05) is 11.0 Å². The number of fused-ring (bicyclic) bond motifs is 1. The first kappa shape index (κ1) is 22.5. The van der Waals surface area contributed by atoms with Crippen molar-refractivity contribution in [1.29, 1.82) is 0 Å². The van der Waals surface area contributed by atoms with Gasteiger partial charge in [-0.3, -0.25) is 9.52 Å². The Hall–Kier alpha value is -4.24. The van der Waals surface area contributed by atoms with Gasteiger partial charge in [0.05, 0.1) is 17.5 Å². The topological polar surface area (TPSA) is 84.0 Å². The molecule has 0 spiro atoms. The summed E-state index contributed by atoms with van der Waals surface area (Å²) >= 11 is 0. The normalized spacial score (nSPS) is 11.6. The number of nitrogens with zero attached hydrogens (tertiary/aromatic N) is 1. The van der Waals surface area contributed by atoms with Crippen LogP contribution >= 0.6 is 0 Å². The number of anilines is 1. The van der Waals surface area contributed by atoms with Crippen molar-refractivity contribution < 1.29 is 17.2 Å². The number of H-pyrrole nitrogens is 1. The molecule has 0 bridgehead atoms. The van der Waals surface area contributed by atoms with E-state index in [1.54, 1.807) is 42.6 Å². The summed E-state index contributed by atoms with van der Waals surface area (Å²) in [6.45, 7) is 0. The zero-order valence-electron chi connectivity index (χ0n) is 18.4. The van der Waals surface area contributed by atoms with Gasteiger partial charge < -0.3 is 9.55 Å². The molecule has 0 fully saturated rings. The number of benzene rings is 3. The predicted octanol–water partition coefficient (Wildman–Crippen LogP) is 5.30. The lowest BCUT2D eigenvalue weighted by Gasteiger charge is -2.14. The number of sulfonamides is 1. The van der Waals surface area contributed by atoms with Crippen LogP contribution in [0.3, 0.4) is 0 Å². The minimum atomic E-state index is -3.46. The lowest BCUT2D eigenvalue weighted by Crippen LogP contribution is -2.09. The van der Waals surface area contributed by atoms with Crippen molar-refractivity contribution >= 4 is 26.6 Å². The van der Waals surface area contributed by atoms with E-state index < -0.39 is 21.7 Å². The van der Waals surface area contributed by atoms with Gasteiger partial charge >= 0.3 is 0 Å². The largest absolute Gasteiger partial charge is 0.328 e. The second-order valence-electron chi connectivity index (χ2n) is 8.17. The third kappa shape index (κ3) is 4.71. The van der Waals surface area contributed by atoms with Gasteiger partial charge in [0.2, 0.25) is 15.6 Å². The van der Waals surface area contributed by atoms with Gasteiger partial charge in [-0.2, -0.15) is 0 Å². The molecule has 0 saturated heterocycles. The summed E-state index contributed by atoms with van der Waals surface area (Å²) in [5, 5.41) is 0.869. The summed E-state index contributed by atoms with van der Waals surface area (Å²) in [4.78, 5) is 14.2. The fraction of sp³-hybridized carbons (Fsp3) is 0.0385. The summed E-state index contributed by atoms with van der Waals surface area (Å²) in [6, 6.07) is 18.9. The lowest BCUT2D eigenvalue weighted by atomic mass is 9.98. The maximum Gasteiger partial charge on any atom is 0.247 e. The molecule has 6 nitrogen and oxygen atoms in total. The number of rotatable bonds is 5. The molecule has 0 aliphatic rings. The molecule has 2 N–H and O–H groups in total. The van der Waals surface area contributed by atoms with E-state index in [-0.39, 0.29) is 11.1 Å². The minimum absolute atomic E-state index is 0.217. The number of hydrogen-bond acceptors (Lipinski definition) is 3. The molecule has 5 rings (SSSR count). The zero-order valence-corrected chi connectivity index (χ0v) is 19.2. The molecular weight excluding hydrogens is 472 g/mol. The Bertz CT molecular complexity index is 1740. The van der Waals surface area contributed by atoms with Gasteiger partial charge in [-0.05, 0) is 71.3 Å². The molecule has 3 aromatic carbocycles. The summed E-state index contributed by atoms with van der Waals surface area (Å²) in [6.07, 6.45) is 4.47. The number of aromatic amines is 1. The van der Waals surface area contributed by atoms with Crippen LogP contribution in [0.1, 0.15) is 0 Å². The second kappa shape index (κ2) is 8.52. The zero-order chi connectivity index (χ0) is 24.7. The predicted molar refractivity (Wildman–Crippen MR) is 133 cm³/mol. The molecule has 35 heavy (non-hydrogen) atoms. The Kier molecular flexibility index (Phi) is 5.49. The highest BCUT2D eigenvalue weighted by Crippen LogP contribution is 2.33. The number of hydrogen-bond donors (Lipinski definition) is 2. The molecule has 0 radical (unpaired) electrons. The molecular formula is C26H19F2N3O3S. The second-order valence-corrected chi connectivity index (χ2v) is 9.92. The molecule has 0 unspecified atom stereocenters. The fourth-order valence-corrected chi connectivity index (χ4v) is 4.57. The van der Waals surface area contributed by atoms with E-state index >= 15 is 0 Å². The van der Waals surface area contributed by atoms with Crippen LogP contribution in [0.15, 0.2) is 90.0 Å². The van der Waals surface area contributed by atoms with E-state index in [4.69, 9.17) is 0 Å². The van der Waals surface area contributed by atoms with Crippen LogP contribution < -0.4 is 10.3 Å². The molecule has 0 atom stereocenters. The first-order valence-corrected chi connectivity index (χ1v) is 12.4. The van der Waals surface area contributed by atoms with Gasteiger partial charge in [0, 0.05) is 41.2 Å². The molecule has 0 amide bonds. The third-order valence-electron chi connectivity index (χ3n) is 5.55. The van der Waals surface area contributed by atoms with Crippen LogP contribution in [-0.2, 0) is 10.0 Å². The summed E-state index contributed by atoms with van der Waals surface area (Å²) in [5.41, 5.74) is 3.67. The van der Waals surface area contributed by atoms with E-state index in [0.29, 0.717) is 28.1 Å². The number of nitrogens with one attached hydrogen (secondary N) is 2. The Morgan fingerprint density at radius 1 is 0.857 bits per heavy atom. The van der Waals surface area contributed by atoms with E-state index in [2.05, 4.69) is 9.71 Å². The van der Waals surface area contributed by atoms with Crippen LogP contribution in [0, 0.1) is 11.6 Å². The molecule has 0 aliphatic carbocycles. The molecule has 5 aromatic rings. The molecule has 176 valence electrons. The minimum Gasteiger partial charge on any atom is -0.328 e. The van der Waals surface area contributed by atoms with Gasteiger partial charge in [0.15, 0.2) is 0 Å². The Balaban J connectivity index is 1.73. The summed E-state index contributed by atoms with van der Waals surface area (Å²) < 4.78 is 56.0.